The Kier molecular flexibility index (Phi) is 4.34. The van der Waals surface area contributed by atoms with Crippen LogP contribution < -0.4 is 10.6 Å². The summed E-state index contributed by atoms with van der Waals surface area (Å²) in [6.07, 6.45) is 9.53. The van der Waals surface area contributed by atoms with E-state index in [0.29, 0.717) is 35.9 Å². The number of nitrogens with one attached hydrogen (secondary N) is 2. The van der Waals surface area contributed by atoms with Crippen LogP contribution in [0.4, 0.5) is 0 Å². The first-order chi connectivity index (χ1) is 9.60. The summed E-state index contributed by atoms with van der Waals surface area (Å²) in [5.41, 5.74) is 0. The van der Waals surface area contributed by atoms with Gasteiger partial charge in [0.05, 0.1) is 0 Å². The van der Waals surface area contributed by atoms with Gasteiger partial charge in [0.15, 0.2) is 0 Å². The fraction of sp³-hybridized carbons (Fsp3) is 0.941. The molecule has 0 spiro atoms. The van der Waals surface area contributed by atoms with Crippen molar-refractivity contribution in [2.24, 2.45) is 17.8 Å². The molecule has 2 saturated heterocycles. The highest BCUT2D eigenvalue weighted by molar-refractivity contribution is 5.76. The largest absolute Gasteiger partial charge is 0.353 e. The molecule has 3 nitrogen and oxygen atoms in total. The number of fused-ring (bicyclic) bond motifs is 2. The number of piperidine rings is 1. The lowest BCUT2D eigenvalue weighted by Gasteiger charge is -2.34. The third kappa shape index (κ3) is 3.36. The van der Waals surface area contributed by atoms with Crippen molar-refractivity contribution in [3.63, 3.8) is 0 Å². The van der Waals surface area contributed by atoms with Crippen LogP contribution in [0.3, 0.4) is 0 Å². The molecule has 2 N–H and O–H groups in total. The number of amides is 1. The van der Waals surface area contributed by atoms with Crippen molar-refractivity contribution < 1.29 is 4.79 Å². The molecule has 20 heavy (non-hydrogen) atoms. The van der Waals surface area contributed by atoms with Gasteiger partial charge in [-0.05, 0) is 62.7 Å². The third-order valence-electron chi connectivity index (χ3n) is 5.82. The molecule has 1 amide bonds. The first-order valence-electron chi connectivity index (χ1n) is 8.65. The van der Waals surface area contributed by atoms with Crippen LogP contribution in [0.2, 0.25) is 0 Å². The minimum atomic E-state index is 0.308. The van der Waals surface area contributed by atoms with Crippen molar-refractivity contribution in [3.05, 3.63) is 0 Å². The monoisotopic (exact) mass is 278 g/mol. The summed E-state index contributed by atoms with van der Waals surface area (Å²) in [6, 6.07) is 1.82. The highest BCUT2D eigenvalue weighted by Gasteiger charge is 2.34. The van der Waals surface area contributed by atoms with Crippen LogP contribution in [0.1, 0.15) is 65.2 Å². The molecular formula is C17H30N2O. The molecule has 5 atom stereocenters. The first-order valence-corrected chi connectivity index (χ1v) is 8.65. The van der Waals surface area contributed by atoms with E-state index in [-0.39, 0.29) is 0 Å². The van der Waals surface area contributed by atoms with Crippen LogP contribution in [-0.4, -0.2) is 24.0 Å². The molecular weight excluding hydrogens is 248 g/mol. The van der Waals surface area contributed by atoms with Crippen LogP contribution in [0.25, 0.3) is 0 Å². The van der Waals surface area contributed by atoms with E-state index in [2.05, 4.69) is 24.5 Å². The zero-order valence-corrected chi connectivity index (χ0v) is 13.0. The predicted molar refractivity (Wildman–Crippen MR) is 81.4 cm³/mol. The summed E-state index contributed by atoms with van der Waals surface area (Å²) in [5.74, 6) is 2.40. The molecule has 0 radical (unpaired) electrons. The maximum atomic E-state index is 12.3. The van der Waals surface area contributed by atoms with Crippen molar-refractivity contribution in [3.8, 4) is 0 Å². The standard InChI is InChI=1S/C17H30N2O/c1-11-3-6-16(12(2)7-11)19-17(20)10-13-8-14-4-5-15(9-13)18-14/h11-16,18H,3-10H2,1-2H3,(H,19,20). The van der Waals surface area contributed by atoms with Gasteiger partial charge in [-0.1, -0.05) is 13.8 Å². The highest BCUT2D eigenvalue weighted by atomic mass is 16.1. The molecule has 0 aromatic rings. The molecule has 114 valence electrons. The topological polar surface area (TPSA) is 41.1 Å². The molecule has 5 unspecified atom stereocenters. The van der Waals surface area contributed by atoms with Gasteiger partial charge in [0, 0.05) is 24.5 Å². The Labute approximate surface area is 123 Å². The fourth-order valence-corrected chi connectivity index (χ4v) is 4.75. The molecule has 3 rings (SSSR count). The van der Waals surface area contributed by atoms with Gasteiger partial charge in [0.25, 0.3) is 0 Å². The van der Waals surface area contributed by atoms with E-state index in [1.807, 2.05) is 0 Å². The Morgan fingerprint density at radius 1 is 1.05 bits per heavy atom. The normalized spacial score (nSPS) is 44.3. The summed E-state index contributed by atoms with van der Waals surface area (Å²) in [5, 5.41) is 6.98. The van der Waals surface area contributed by atoms with Crippen molar-refractivity contribution in [1.29, 1.82) is 0 Å². The van der Waals surface area contributed by atoms with Crippen molar-refractivity contribution in [1.82, 2.24) is 10.6 Å². The van der Waals surface area contributed by atoms with Crippen molar-refractivity contribution in [2.45, 2.75) is 83.3 Å². The van der Waals surface area contributed by atoms with Crippen LogP contribution in [-0.2, 0) is 4.79 Å². The van der Waals surface area contributed by atoms with E-state index >= 15 is 0 Å². The highest BCUT2D eigenvalue weighted by Crippen LogP contribution is 2.33. The van der Waals surface area contributed by atoms with Crippen molar-refractivity contribution in [2.75, 3.05) is 0 Å². The second kappa shape index (κ2) is 6.05. The van der Waals surface area contributed by atoms with Crippen molar-refractivity contribution >= 4 is 5.91 Å². The molecule has 0 aromatic heterocycles. The maximum absolute atomic E-state index is 12.3. The minimum Gasteiger partial charge on any atom is -0.353 e. The smallest absolute Gasteiger partial charge is 0.220 e. The molecule has 2 bridgehead atoms. The SMILES string of the molecule is CC1CCC(NC(=O)CC2CC3CCC(C2)N3)C(C)C1. The van der Waals surface area contributed by atoms with Crippen LogP contribution in [0.5, 0.6) is 0 Å². The van der Waals surface area contributed by atoms with E-state index in [4.69, 9.17) is 0 Å². The van der Waals surface area contributed by atoms with E-state index in [1.54, 1.807) is 0 Å². The zero-order chi connectivity index (χ0) is 14.1. The van der Waals surface area contributed by atoms with Gasteiger partial charge >= 0.3 is 0 Å². The van der Waals surface area contributed by atoms with Crippen LogP contribution in [0.15, 0.2) is 0 Å². The lowest BCUT2D eigenvalue weighted by molar-refractivity contribution is -0.123. The Balaban J connectivity index is 1.45. The quantitative estimate of drug-likeness (QED) is 0.833. The fourth-order valence-electron chi connectivity index (χ4n) is 4.75. The number of hydrogen-bond acceptors (Lipinski definition) is 2. The zero-order valence-electron chi connectivity index (χ0n) is 13.0. The molecule has 1 aliphatic carbocycles. The summed E-state index contributed by atoms with van der Waals surface area (Å²) in [6.45, 7) is 4.63. The Hall–Kier alpha value is -0.570. The molecule has 1 saturated carbocycles. The summed E-state index contributed by atoms with van der Waals surface area (Å²) < 4.78 is 0. The van der Waals surface area contributed by atoms with E-state index in [9.17, 15) is 4.79 Å². The summed E-state index contributed by atoms with van der Waals surface area (Å²) >= 11 is 0. The van der Waals surface area contributed by atoms with Gasteiger partial charge in [-0.3, -0.25) is 4.79 Å². The Morgan fingerprint density at radius 3 is 2.40 bits per heavy atom. The number of carbonyl (C=O) groups is 1. The van der Waals surface area contributed by atoms with Gasteiger partial charge in [-0.25, -0.2) is 0 Å². The van der Waals surface area contributed by atoms with E-state index in [0.717, 1.165) is 12.3 Å². The molecule has 3 heteroatoms. The number of carbonyl (C=O) groups excluding carboxylic acids is 1. The number of hydrogen-bond donors (Lipinski definition) is 2. The Bertz CT molecular complexity index is 345. The van der Waals surface area contributed by atoms with Gasteiger partial charge in [0.2, 0.25) is 5.91 Å². The average molecular weight is 278 g/mol. The van der Waals surface area contributed by atoms with E-state index < -0.39 is 0 Å². The second-order valence-electron chi connectivity index (χ2n) is 7.75. The summed E-state index contributed by atoms with van der Waals surface area (Å²) in [7, 11) is 0. The van der Waals surface area contributed by atoms with Gasteiger partial charge in [-0.15, -0.1) is 0 Å². The molecule has 3 aliphatic rings. The molecule has 2 heterocycles. The van der Waals surface area contributed by atoms with Gasteiger partial charge < -0.3 is 10.6 Å². The second-order valence-corrected chi connectivity index (χ2v) is 7.75. The molecule has 0 aromatic carbocycles. The van der Waals surface area contributed by atoms with E-state index in [1.165, 1.54) is 44.9 Å². The molecule has 3 fully saturated rings. The first kappa shape index (κ1) is 14.4. The van der Waals surface area contributed by atoms with Gasteiger partial charge in [-0.2, -0.15) is 0 Å². The summed E-state index contributed by atoms with van der Waals surface area (Å²) in [4.78, 5) is 12.3. The number of rotatable bonds is 3. The lowest BCUT2D eigenvalue weighted by Crippen LogP contribution is -2.44. The van der Waals surface area contributed by atoms with Gasteiger partial charge in [0.1, 0.15) is 0 Å². The molecule has 2 aliphatic heterocycles. The minimum absolute atomic E-state index is 0.308. The predicted octanol–water partition coefficient (Wildman–Crippen LogP) is 2.85. The average Bonchev–Trinajstić information content (AvgIpc) is 2.72. The maximum Gasteiger partial charge on any atom is 0.220 e. The Morgan fingerprint density at radius 2 is 1.75 bits per heavy atom. The van der Waals surface area contributed by atoms with Crippen LogP contribution in [0, 0.1) is 17.8 Å². The van der Waals surface area contributed by atoms with Crippen LogP contribution >= 0.6 is 0 Å². The lowest BCUT2D eigenvalue weighted by atomic mass is 9.79. The third-order valence-corrected chi connectivity index (χ3v) is 5.82.